The monoisotopic (exact) mass is 276 g/mol. The number of rotatable bonds is 8. The third kappa shape index (κ3) is 7.06. The molecule has 1 N–H and O–H groups in total. The highest BCUT2D eigenvalue weighted by molar-refractivity contribution is 5.14. The molecule has 0 spiro atoms. The van der Waals surface area contributed by atoms with Gasteiger partial charge in [0.1, 0.15) is 0 Å². The van der Waals surface area contributed by atoms with E-state index in [1.807, 2.05) is 0 Å². The van der Waals surface area contributed by atoms with Crippen LogP contribution in [0, 0.1) is 0 Å². The summed E-state index contributed by atoms with van der Waals surface area (Å²) >= 11 is 0. The second-order valence-electron chi connectivity index (χ2n) is 6.79. The maximum atomic E-state index is 3.64. The maximum Gasteiger partial charge on any atom is 0.0217 e. The van der Waals surface area contributed by atoms with Crippen LogP contribution in [-0.2, 0) is 6.42 Å². The van der Waals surface area contributed by atoms with Gasteiger partial charge in [-0.05, 0) is 46.2 Å². The summed E-state index contributed by atoms with van der Waals surface area (Å²) in [6, 6.07) is 11.4. The normalized spacial score (nSPS) is 13.7. The summed E-state index contributed by atoms with van der Waals surface area (Å²) in [5.41, 5.74) is 1.63. The Morgan fingerprint density at radius 3 is 2.35 bits per heavy atom. The van der Waals surface area contributed by atoms with Gasteiger partial charge in [0.2, 0.25) is 0 Å². The Labute approximate surface area is 125 Å². The highest BCUT2D eigenvalue weighted by Crippen LogP contribution is 2.09. The Morgan fingerprint density at radius 2 is 1.80 bits per heavy atom. The van der Waals surface area contributed by atoms with Crippen molar-refractivity contribution in [3.05, 3.63) is 35.9 Å². The van der Waals surface area contributed by atoms with E-state index in [0.29, 0.717) is 6.04 Å². The summed E-state index contributed by atoms with van der Waals surface area (Å²) in [5, 5.41) is 3.64. The zero-order valence-electron chi connectivity index (χ0n) is 13.9. The topological polar surface area (TPSA) is 15.3 Å². The molecular formula is C18H32N2. The van der Waals surface area contributed by atoms with Gasteiger partial charge in [-0.15, -0.1) is 0 Å². The van der Waals surface area contributed by atoms with E-state index in [2.05, 4.69) is 75.3 Å². The molecule has 0 saturated heterocycles. The van der Waals surface area contributed by atoms with Crippen LogP contribution < -0.4 is 5.32 Å². The Bertz CT molecular complexity index is 353. The average Bonchev–Trinajstić information content (AvgIpc) is 2.41. The molecule has 20 heavy (non-hydrogen) atoms. The minimum atomic E-state index is 0.201. The molecule has 1 aromatic rings. The van der Waals surface area contributed by atoms with Gasteiger partial charge in [0.05, 0.1) is 0 Å². The molecule has 0 aromatic heterocycles. The van der Waals surface area contributed by atoms with Gasteiger partial charge in [-0.3, -0.25) is 0 Å². The van der Waals surface area contributed by atoms with Crippen LogP contribution in [0.25, 0.3) is 0 Å². The van der Waals surface area contributed by atoms with Gasteiger partial charge < -0.3 is 10.2 Å². The van der Waals surface area contributed by atoms with Crippen LogP contribution in [0.3, 0.4) is 0 Å². The lowest BCUT2D eigenvalue weighted by molar-refractivity contribution is 0.212. The van der Waals surface area contributed by atoms with Gasteiger partial charge in [0.25, 0.3) is 0 Å². The fraction of sp³-hybridized carbons (Fsp3) is 0.667. The molecular weight excluding hydrogens is 244 g/mol. The van der Waals surface area contributed by atoms with Crippen molar-refractivity contribution < 1.29 is 0 Å². The lowest BCUT2D eigenvalue weighted by Crippen LogP contribution is -2.46. The summed E-state index contributed by atoms with van der Waals surface area (Å²) in [6.07, 6.45) is 3.63. The number of likely N-dealkylation sites (N-methyl/N-ethyl adjacent to an activating group) is 1. The summed E-state index contributed by atoms with van der Waals surface area (Å²) in [5.74, 6) is 0. The number of benzene rings is 1. The predicted octanol–water partition coefficient (Wildman–Crippen LogP) is 3.72. The molecule has 1 aromatic carbocycles. The lowest BCUT2D eigenvalue weighted by Gasteiger charge is -2.31. The highest BCUT2D eigenvalue weighted by atomic mass is 15.2. The Hall–Kier alpha value is -0.860. The SMILES string of the molecule is CCCC(CNC(C)(C)C)N(C)CCc1ccccc1. The first-order valence-corrected chi connectivity index (χ1v) is 7.91. The smallest absolute Gasteiger partial charge is 0.0217 e. The van der Waals surface area contributed by atoms with Gasteiger partial charge in [0.15, 0.2) is 0 Å². The third-order valence-electron chi connectivity index (χ3n) is 3.71. The van der Waals surface area contributed by atoms with E-state index in [9.17, 15) is 0 Å². The Morgan fingerprint density at radius 1 is 1.15 bits per heavy atom. The minimum Gasteiger partial charge on any atom is -0.311 e. The zero-order chi connectivity index (χ0) is 15.0. The summed E-state index contributed by atoms with van der Waals surface area (Å²) in [7, 11) is 2.26. The van der Waals surface area contributed by atoms with Crippen molar-refractivity contribution in [2.24, 2.45) is 0 Å². The fourth-order valence-electron chi connectivity index (χ4n) is 2.37. The predicted molar refractivity (Wildman–Crippen MR) is 89.2 cm³/mol. The molecule has 0 aliphatic carbocycles. The quantitative estimate of drug-likeness (QED) is 0.778. The van der Waals surface area contributed by atoms with Crippen LogP contribution in [-0.4, -0.2) is 36.6 Å². The molecule has 1 rings (SSSR count). The van der Waals surface area contributed by atoms with Gasteiger partial charge in [-0.25, -0.2) is 0 Å². The Kier molecular flexibility index (Phi) is 7.25. The lowest BCUT2D eigenvalue weighted by atomic mass is 10.1. The van der Waals surface area contributed by atoms with Crippen molar-refractivity contribution in [2.45, 2.75) is 58.5 Å². The van der Waals surface area contributed by atoms with Crippen molar-refractivity contribution >= 4 is 0 Å². The molecule has 0 amide bonds. The van der Waals surface area contributed by atoms with Crippen LogP contribution in [0.1, 0.15) is 46.1 Å². The minimum absolute atomic E-state index is 0.201. The van der Waals surface area contributed by atoms with Gasteiger partial charge in [-0.1, -0.05) is 43.7 Å². The van der Waals surface area contributed by atoms with Crippen molar-refractivity contribution in [2.75, 3.05) is 20.1 Å². The third-order valence-corrected chi connectivity index (χ3v) is 3.71. The molecule has 0 heterocycles. The number of nitrogens with one attached hydrogen (secondary N) is 1. The van der Waals surface area contributed by atoms with Crippen molar-refractivity contribution in [3.8, 4) is 0 Å². The second kappa shape index (κ2) is 8.43. The van der Waals surface area contributed by atoms with Crippen LogP contribution in [0.15, 0.2) is 30.3 Å². The molecule has 0 aliphatic rings. The van der Waals surface area contributed by atoms with E-state index in [4.69, 9.17) is 0 Å². The molecule has 0 bridgehead atoms. The van der Waals surface area contributed by atoms with E-state index < -0.39 is 0 Å². The molecule has 1 unspecified atom stereocenters. The molecule has 114 valence electrons. The average molecular weight is 276 g/mol. The van der Waals surface area contributed by atoms with Gasteiger partial charge >= 0.3 is 0 Å². The molecule has 2 heteroatoms. The first kappa shape index (κ1) is 17.2. The molecule has 1 atom stereocenters. The van der Waals surface area contributed by atoms with E-state index >= 15 is 0 Å². The summed E-state index contributed by atoms with van der Waals surface area (Å²) in [4.78, 5) is 2.51. The van der Waals surface area contributed by atoms with E-state index in [1.165, 1.54) is 18.4 Å². The van der Waals surface area contributed by atoms with Crippen LogP contribution >= 0.6 is 0 Å². The molecule has 2 nitrogen and oxygen atoms in total. The molecule has 0 radical (unpaired) electrons. The van der Waals surface area contributed by atoms with Crippen LogP contribution in [0.5, 0.6) is 0 Å². The first-order chi connectivity index (χ1) is 9.42. The zero-order valence-corrected chi connectivity index (χ0v) is 13.9. The first-order valence-electron chi connectivity index (χ1n) is 7.91. The van der Waals surface area contributed by atoms with E-state index in [-0.39, 0.29) is 5.54 Å². The van der Waals surface area contributed by atoms with Crippen molar-refractivity contribution in [1.82, 2.24) is 10.2 Å². The standard InChI is InChI=1S/C18H32N2/c1-6-10-17(15-19-18(2,3)4)20(5)14-13-16-11-8-7-9-12-16/h7-9,11-12,17,19H,6,10,13-15H2,1-5H3. The number of hydrogen-bond donors (Lipinski definition) is 1. The molecule has 0 saturated carbocycles. The van der Waals surface area contributed by atoms with Crippen molar-refractivity contribution in [3.63, 3.8) is 0 Å². The molecule has 0 aliphatic heterocycles. The van der Waals surface area contributed by atoms with E-state index in [1.54, 1.807) is 0 Å². The van der Waals surface area contributed by atoms with Crippen LogP contribution in [0.2, 0.25) is 0 Å². The maximum absolute atomic E-state index is 3.64. The summed E-state index contributed by atoms with van der Waals surface area (Å²) < 4.78 is 0. The number of hydrogen-bond acceptors (Lipinski definition) is 2. The van der Waals surface area contributed by atoms with Gasteiger partial charge in [0, 0.05) is 24.7 Å². The van der Waals surface area contributed by atoms with Crippen LogP contribution in [0.4, 0.5) is 0 Å². The second-order valence-corrected chi connectivity index (χ2v) is 6.79. The molecule has 0 fully saturated rings. The summed E-state index contributed by atoms with van der Waals surface area (Å²) in [6.45, 7) is 11.2. The largest absolute Gasteiger partial charge is 0.311 e. The Balaban J connectivity index is 2.44. The highest BCUT2D eigenvalue weighted by Gasteiger charge is 2.17. The van der Waals surface area contributed by atoms with Gasteiger partial charge in [-0.2, -0.15) is 0 Å². The fourth-order valence-corrected chi connectivity index (χ4v) is 2.37. The number of nitrogens with zero attached hydrogens (tertiary/aromatic N) is 1. The van der Waals surface area contributed by atoms with Crippen molar-refractivity contribution in [1.29, 1.82) is 0 Å². The van der Waals surface area contributed by atoms with E-state index in [0.717, 1.165) is 19.5 Å².